The highest BCUT2D eigenvalue weighted by molar-refractivity contribution is 5.94. The molecule has 1 heterocycles. The number of aryl methyl sites for hydroxylation is 1. The van der Waals surface area contributed by atoms with Crippen molar-refractivity contribution in [3.63, 3.8) is 0 Å². The first kappa shape index (κ1) is 12.9. The molecule has 0 aliphatic heterocycles. The quantitative estimate of drug-likeness (QED) is 0.497. The van der Waals surface area contributed by atoms with Gasteiger partial charge < -0.3 is 21.1 Å². The number of nitrogens with two attached hydrogens (primary N) is 1. The Balaban J connectivity index is 2.71. The molecular weight excluding hydrogens is 226 g/mol. The van der Waals surface area contributed by atoms with Crippen molar-refractivity contribution in [1.29, 1.82) is 0 Å². The lowest BCUT2D eigenvalue weighted by atomic mass is 10.2. The summed E-state index contributed by atoms with van der Waals surface area (Å²) in [6, 6.07) is 1.28. The summed E-state index contributed by atoms with van der Waals surface area (Å²) in [5.41, 5.74) is 4.90. The van der Waals surface area contributed by atoms with Crippen molar-refractivity contribution in [1.82, 2.24) is 10.3 Å². The van der Waals surface area contributed by atoms with Gasteiger partial charge in [0.15, 0.2) is 5.43 Å². The molecule has 7 nitrogen and oxygen atoms in total. The van der Waals surface area contributed by atoms with Crippen molar-refractivity contribution in [3.8, 4) is 0 Å². The first-order valence-corrected chi connectivity index (χ1v) is 4.86. The van der Waals surface area contributed by atoms with Crippen LogP contribution in [0.2, 0.25) is 0 Å². The molecule has 1 atom stereocenters. The third kappa shape index (κ3) is 3.42. The topological polar surface area (TPSA) is 125 Å². The van der Waals surface area contributed by atoms with Crippen LogP contribution in [-0.4, -0.2) is 34.6 Å². The predicted octanol–water partition coefficient (Wildman–Crippen LogP) is -1.74. The summed E-state index contributed by atoms with van der Waals surface area (Å²) >= 11 is 0. The molecule has 0 saturated carbocycles. The summed E-state index contributed by atoms with van der Waals surface area (Å²) in [5.74, 6) is -1.62. The number of aliphatic hydroxyl groups is 1. The molecule has 0 aromatic carbocycles. The molecule has 1 unspecified atom stereocenters. The van der Waals surface area contributed by atoms with Gasteiger partial charge in [-0.3, -0.25) is 14.4 Å². The number of aromatic amines is 1. The van der Waals surface area contributed by atoms with E-state index in [1.807, 2.05) is 0 Å². The molecule has 7 heteroatoms. The van der Waals surface area contributed by atoms with Crippen molar-refractivity contribution in [2.45, 2.75) is 13.0 Å². The van der Waals surface area contributed by atoms with Gasteiger partial charge in [-0.05, 0) is 6.92 Å². The van der Waals surface area contributed by atoms with Crippen LogP contribution in [0.5, 0.6) is 0 Å². The second-order valence-electron chi connectivity index (χ2n) is 3.52. The van der Waals surface area contributed by atoms with E-state index in [4.69, 9.17) is 10.8 Å². The summed E-state index contributed by atoms with van der Waals surface area (Å²) in [5, 5.41) is 11.3. The molecule has 2 amide bonds. The number of carbonyl (C=O) groups excluding carboxylic acids is 2. The average molecular weight is 239 g/mol. The number of amides is 2. The van der Waals surface area contributed by atoms with E-state index in [1.54, 1.807) is 6.92 Å². The lowest BCUT2D eigenvalue weighted by molar-refractivity contribution is -0.125. The second kappa shape index (κ2) is 5.26. The lowest BCUT2D eigenvalue weighted by Crippen LogP contribution is -2.41. The van der Waals surface area contributed by atoms with Crippen molar-refractivity contribution in [2.75, 3.05) is 6.54 Å². The van der Waals surface area contributed by atoms with Gasteiger partial charge in [-0.2, -0.15) is 0 Å². The molecule has 0 bridgehead atoms. The highest BCUT2D eigenvalue weighted by Gasteiger charge is 2.14. The maximum atomic E-state index is 11.5. The molecule has 17 heavy (non-hydrogen) atoms. The van der Waals surface area contributed by atoms with Gasteiger partial charge in [0, 0.05) is 18.0 Å². The van der Waals surface area contributed by atoms with Crippen LogP contribution >= 0.6 is 0 Å². The van der Waals surface area contributed by atoms with Crippen molar-refractivity contribution < 1.29 is 14.7 Å². The van der Waals surface area contributed by atoms with Gasteiger partial charge in [0.05, 0.1) is 6.54 Å². The number of aromatic nitrogens is 1. The van der Waals surface area contributed by atoms with Gasteiger partial charge in [0.1, 0.15) is 11.7 Å². The van der Waals surface area contributed by atoms with Crippen LogP contribution in [-0.2, 0) is 4.79 Å². The fraction of sp³-hybridized carbons (Fsp3) is 0.300. The molecular formula is C10H13N3O4. The van der Waals surface area contributed by atoms with Gasteiger partial charge in [-0.1, -0.05) is 0 Å². The molecule has 0 fully saturated rings. The maximum absolute atomic E-state index is 11.5. The highest BCUT2D eigenvalue weighted by atomic mass is 16.3. The number of nitrogens with one attached hydrogen (secondary N) is 2. The largest absolute Gasteiger partial charge is 0.381 e. The number of H-pyrrole nitrogens is 1. The standard InChI is InChI=1S/C10H13N3O4/c1-5-2-7(14)6(3-12-5)10(17)13-4-8(15)9(11)16/h2-3,8,15H,4H2,1H3,(H2,11,16)(H,12,14)(H,13,17). The minimum Gasteiger partial charge on any atom is -0.381 e. The van der Waals surface area contributed by atoms with Crippen LogP contribution in [0.15, 0.2) is 17.1 Å². The molecule has 92 valence electrons. The Morgan fingerprint density at radius 3 is 2.76 bits per heavy atom. The number of primary amides is 1. The van der Waals surface area contributed by atoms with Gasteiger partial charge in [-0.25, -0.2) is 0 Å². The van der Waals surface area contributed by atoms with E-state index in [0.29, 0.717) is 5.69 Å². The monoisotopic (exact) mass is 239 g/mol. The van der Waals surface area contributed by atoms with Gasteiger partial charge in [-0.15, -0.1) is 0 Å². The molecule has 5 N–H and O–H groups in total. The van der Waals surface area contributed by atoms with E-state index in [-0.39, 0.29) is 12.1 Å². The van der Waals surface area contributed by atoms with Crippen molar-refractivity contribution in [3.05, 3.63) is 33.7 Å². The zero-order chi connectivity index (χ0) is 13.0. The van der Waals surface area contributed by atoms with Crippen LogP contribution in [0.25, 0.3) is 0 Å². The molecule has 1 aromatic heterocycles. The highest BCUT2D eigenvalue weighted by Crippen LogP contribution is 1.92. The Morgan fingerprint density at radius 1 is 1.59 bits per heavy atom. The molecule has 0 radical (unpaired) electrons. The Labute approximate surface area is 96.6 Å². The number of hydrogen-bond acceptors (Lipinski definition) is 4. The van der Waals surface area contributed by atoms with Gasteiger partial charge >= 0.3 is 0 Å². The first-order valence-electron chi connectivity index (χ1n) is 4.86. The molecule has 1 rings (SSSR count). The van der Waals surface area contributed by atoms with Crippen LogP contribution in [0, 0.1) is 6.92 Å². The lowest BCUT2D eigenvalue weighted by Gasteiger charge is -2.08. The second-order valence-corrected chi connectivity index (χ2v) is 3.52. The summed E-state index contributed by atoms with van der Waals surface area (Å²) in [4.78, 5) is 36.2. The number of aliphatic hydroxyl groups excluding tert-OH is 1. The summed E-state index contributed by atoms with van der Waals surface area (Å²) in [7, 11) is 0. The van der Waals surface area contributed by atoms with E-state index in [0.717, 1.165) is 0 Å². The number of carbonyl (C=O) groups is 2. The van der Waals surface area contributed by atoms with Crippen LogP contribution in [0.1, 0.15) is 16.1 Å². The zero-order valence-electron chi connectivity index (χ0n) is 9.19. The Bertz CT molecular complexity index is 495. The summed E-state index contributed by atoms with van der Waals surface area (Å²) in [6.45, 7) is 1.35. The van der Waals surface area contributed by atoms with E-state index >= 15 is 0 Å². The Morgan fingerprint density at radius 2 is 2.24 bits per heavy atom. The normalized spacial score (nSPS) is 11.9. The molecule has 0 spiro atoms. The fourth-order valence-electron chi connectivity index (χ4n) is 1.14. The summed E-state index contributed by atoms with van der Waals surface area (Å²) in [6.07, 6.45) is -0.201. The van der Waals surface area contributed by atoms with Crippen LogP contribution in [0.4, 0.5) is 0 Å². The van der Waals surface area contributed by atoms with E-state index in [9.17, 15) is 14.4 Å². The number of rotatable bonds is 4. The van der Waals surface area contributed by atoms with Gasteiger partial charge in [0.2, 0.25) is 5.91 Å². The van der Waals surface area contributed by atoms with E-state index < -0.39 is 23.3 Å². The average Bonchev–Trinajstić information content (AvgIpc) is 2.25. The zero-order valence-corrected chi connectivity index (χ0v) is 9.19. The Hall–Kier alpha value is -2.15. The number of hydrogen-bond donors (Lipinski definition) is 4. The van der Waals surface area contributed by atoms with Gasteiger partial charge in [0.25, 0.3) is 5.91 Å². The van der Waals surface area contributed by atoms with Crippen LogP contribution < -0.4 is 16.5 Å². The van der Waals surface area contributed by atoms with E-state index in [1.165, 1.54) is 12.3 Å². The maximum Gasteiger partial charge on any atom is 0.256 e. The first-order chi connectivity index (χ1) is 7.91. The third-order valence-electron chi connectivity index (χ3n) is 2.09. The fourth-order valence-corrected chi connectivity index (χ4v) is 1.14. The minimum atomic E-state index is -1.47. The number of pyridine rings is 1. The van der Waals surface area contributed by atoms with Crippen LogP contribution in [0.3, 0.4) is 0 Å². The van der Waals surface area contributed by atoms with Crippen molar-refractivity contribution in [2.24, 2.45) is 5.73 Å². The van der Waals surface area contributed by atoms with E-state index in [2.05, 4.69) is 10.3 Å². The molecule has 1 aromatic rings. The summed E-state index contributed by atoms with van der Waals surface area (Å²) < 4.78 is 0. The predicted molar refractivity (Wildman–Crippen MR) is 59.3 cm³/mol. The minimum absolute atomic E-state index is 0.0905. The molecule has 0 aliphatic carbocycles. The Kier molecular flexibility index (Phi) is 4.00. The molecule has 0 saturated heterocycles. The molecule has 0 aliphatic rings. The SMILES string of the molecule is Cc1cc(=O)c(C(=O)NCC(O)C(N)=O)c[nH]1. The third-order valence-corrected chi connectivity index (χ3v) is 2.09. The smallest absolute Gasteiger partial charge is 0.256 e. The van der Waals surface area contributed by atoms with Crippen molar-refractivity contribution >= 4 is 11.8 Å².